The number of aliphatic hydroxyl groups excluding tert-OH is 1. The SMILES string of the molecule is C=CCN(Cc1ccccc1)C(=O)C1N(CCCCO)C(=O)[C@@H]2[C@H](C(=O)N(CC=C)c3ccc(OCC)cc3)[C@H]3OC12CC3Br. The number of hydrogen-bond acceptors (Lipinski definition) is 6. The molecule has 3 amide bonds. The highest BCUT2D eigenvalue weighted by atomic mass is 79.9. The molecule has 3 aliphatic rings. The van der Waals surface area contributed by atoms with Gasteiger partial charge in [-0.2, -0.15) is 0 Å². The predicted molar refractivity (Wildman–Crippen MR) is 176 cm³/mol. The molecule has 9 nitrogen and oxygen atoms in total. The molecule has 0 aliphatic carbocycles. The van der Waals surface area contributed by atoms with Crippen molar-refractivity contribution in [3.05, 3.63) is 85.5 Å². The van der Waals surface area contributed by atoms with E-state index in [0.29, 0.717) is 43.9 Å². The zero-order valence-corrected chi connectivity index (χ0v) is 27.3. The van der Waals surface area contributed by atoms with Gasteiger partial charge < -0.3 is 29.3 Å². The molecule has 2 aromatic carbocycles. The molecule has 5 rings (SSSR count). The lowest BCUT2D eigenvalue weighted by Gasteiger charge is -2.37. The van der Waals surface area contributed by atoms with Gasteiger partial charge in [0.1, 0.15) is 17.4 Å². The highest BCUT2D eigenvalue weighted by Crippen LogP contribution is 2.60. The van der Waals surface area contributed by atoms with Crippen LogP contribution in [0.15, 0.2) is 79.9 Å². The maximum Gasteiger partial charge on any atom is 0.248 e. The Morgan fingerprint density at radius 3 is 2.44 bits per heavy atom. The van der Waals surface area contributed by atoms with Crippen LogP contribution < -0.4 is 9.64 Å². The van der Waals surface area contributed by atoms with Crippen LogP contribution >= 0.6 is 15.9 Å². The fraction of sp³-hybridized carbons (Fsp3) is 0.457. The van der Waals surface area contributed by atoms with Crippen molar-refractivity contribution in [2.75, 3.05) is 37.7 Å². The number of hydrogen-bond donors (Lipinski definition) is 1. The number of amides is 3. The summed E-state index contributed by atoms with van der Waals surface area (Å²) in [5.41, 5.74) is 0.432. The van der Waals surface area contributed by atoms with Gasteiger partial charge in [0.2, 0.25) is 17.7 Å². The second kappa shape index (κ2) is 14.3. The van der Waals surface area contributed by atoms with E-state index in [0.717, 1.165) is 5.56 Å². The number of alkyl halides is 1. The van der Waals surface area contributed by atoms with Crippen molar-refractivity contribution in [2.24, 2.45) is 11.8 Å². The van der Waals surface area contributed by atoms with Gasteiger partial charge in [0.05, 0.1) is 24.5 Å². The summed E-state index contributed by atoms with van der Waals surface area (Å²) in [5.74, 6) is -1.67. The quantitative estimate of drug-likeness (QED) is 0.171. The Hall–Kier alpha value is -3.47. The van der Waals surface area contributed by atoms with Crippen LogP contribution in [0.2, 0.25) is 0 Å². The van der Waals surface area contributed by atoms with Gasteiger partial charge in [-0.15, -0.1) is 13.2 Å². The fourth-order valence-corrected chi connectivity index (χ4v) is 8.15. The average molecular weight is 681 g/mol. The monoisotopic (exact) mass is 679 g/mol. The number of unbranched alkanes of at least 4 members (excludes halogenated alkanes) is 1. The Kier molecular flexibility index (Phi) is 10.5. The summed E-state index contributed by atoms with van der Waals surface area (Å²) >= 11 is 3.77. The van der Waals surface area contributed by atoms with Crippen molar-refractivity contribution in [1.29, 1.82) is 0 Å². The molecule has 2 bridgehead atoms. The number of carbonyl (C=O) groups excluding carboxylic acids is 3. The van der Waals surface area contributed by atoms with E-state index in [1.54, 1.807) is 26.9 Å². The van der Waals surface area contributed by atoms with E-state index in [-0.39, 0.29) is 48.8 Å². The molecule has 0 radical (unpaired) electrons. The van der Waals surface area contributed by atoms with E-state index >= 15 is 0 Å². The summed E-state index contributed by atoms with van der Waals surface area (Å²) in [6, 6.07) is 16.0. The minimum Gasteiger partial charge on any atom is -0.494 e. The second-order valence-corrected chi connectivity index (χ2v) is 13.0. The third-order valence-corrected chi connectivity index (χ3v) is 9.87. The summed E-state index contributed by atoms with van der Waals surface area (Å²) in [4.78, 5) is 48.3. The molecule has 0 aromatic heterocycles. The van der Waals surface area contributed by atoms with Crippen molar-refractivity contribution in [2.45, 2.75) is 55.3 Å². The predicted octanol–water partition coefficient (Wildman–Crippen LogP) is 4.34. The molecule has 3 unspecified atom stereocenters. The number of aliphatic hydroxyl groups is 1. The molecular formula is C35H42BrN3O6. The first-order valence-electron chi connectivity index (χ1n) is 15.6. The summed E-state index contributed by atoms with van der Waals surface area (Å²) in [5, 5.41) is 9.50. The highest BCUT2D eigenvalue weighted by molar-refractivity contribution is 9.09. The first-order valence-corrected chi connectivity index (χ1v) is 16.5. The lowest BCUT2D eigenvalue weighted by molar-refractivity contribution is -0.148. The van der Waals surface area contributed by atoms with Crippen molar-refractivity contribution in [1.82, 2.24) is 9.80 Å². The molecule has 2 aromatic rings. The Morgan fingerprint density at radius 2 is 1.80 bits per heavy atom. The molecular weight excluding hydrogens is 638 g/mol. The van der Waals surface area contributed by atoms with Crippen LogP contribution in [0.25, 0.3) is 0 Å². The van der Waals surface area contributed by atoms with Gasteiger partial charge in [-0.25, -0.2) is 0 Å². The Labute approximate surface area is 273 Å². The Balaban J connectivity index is 1.52. The van der Waals surface area contributed by atoms with Crippen molar-refractivity contribution in [3.63, 3.8) is 0 Å². The minimum absolute atomic E-state index is 0.0203. The van der Waals surface area contributed by atoms with E-state index in [2.05, 4.69) is 29.1 Å². The lowest BCUT2D eigenvalue weighted by atomic mass is 9.70. The van der Waals surface area contributed by atoms with E-state index in [1.165, 1.54) is 0 Å². The van der Waals surface area contributed by atoms with Crippen molar-refractivity contribution in [3.8, 4) is 5.75 Å². The summed E-state index contributed by atoms with van der Waals surface area (Å²) in [6.45, 7) is 11.3. The number of rotatable bonds is 15. The van der Waals surface area contributed by atoms with E-state index < -0.39 is 29.6 Å². The zero-order valence-electron chi connectivity index (χ0n) is 25.7. The number of fused-ring (bicyclic) bond motifs is 1. The van der Waals surface area contributed by atoms with Gasteiger partial charge >= 0.3 is 0 Å². The summed E-state index contributed by atoms with van der Waals surface area (Å²) in [6.07, 6.45) is 4.18. The standard InChI is InChI=1S/C35H42BrN3O6/c1-4-18-37(23-24-12-8-7-9-13-24)34(43)31-35-22-27(36)30(45-35)28(29(35)33(42)39(31)20-10-11-21-40)32(41)38(19-5-2)25-14-16-26(17-15-25)44-6-3/h4-5,7-9,12-17,27-31,40H,1-2,6,10-11,18-23H2,3H3/t27?,28-,29-,30-,31?,35?/m0/s1. The van der Waals surface area contributed by atoms with Crippen LogP contribution in [0.4, 0.5) is 5.69 Å². The maximum absolute atomic E-state index is 14.6. The topological polar surface area (TPSA) is 99.6 Å². The first-order chi connectivity index (χ1) is 21.8. The molecule has 3 fully saturated rings. The Bertz CT molecular complexity index is 1390. The fourth-order valence-electron chi connectivity index (χ4n) is 7.21. The number of likely N-dealkylation sites (tertiary alicyclic amines) is 1. The molecule has 240 valence electrons. The van der Waals surface area contributed by atoms with Crippen LogP contribution in [0, 0.1) is 11.8 Å². The summed E-state index contributed by atoms with van der Waals surface area (Å²) in [7, 11) is 0. The third-order valence-electron chi connectivity index (χ3n) is 9.03. The molecule has 1 spiro atoms. The number of ether oxygens (including phenoxy) is 2. The van der Waals surface area contributed by atoms with Gasteiger partial charge in [0.15, 0.2) is 0 Å². The van der Waals surface area contributed by atoms with Gasteiger partial charge in [-0.3, -0.25) is 14.4 Å². The van der Waals surface area contributed by atoms with Gasteiger partial charge in [-0.1, -0.05) is 58.4 Å². The number of nitrogens with zero attached hydrogens (tertiary/aromatic N) is 3. The largest absolute Gasteiger partial charge is 0.494 e. The summed E-state index contributed by atoms with van der Waals surface area (Å²) < 4.78 is 12.3. The molecule has 0 saturated carbocycles. The third kappa shape index (κ3) is 6.20. The Morgan fingerprint density at radius 1 is 1.09 bits per heavy atom. The molecule has 3 aliphatic heterocycles. The maximum atomic E-state index is 14.6. The van der Waals surface area contributed by atoms with E-state index in [4.69, 9.17) is 9.47 Å². The van der Waals surface area contributed by atoms with E-state index in [9.17, 15) is 19.5 Å². The number of carbonyl (C=O) groups is 3. The van der Waals surface area contributed by atoms with Crippen LogP contribution in [0.5, 0.6) is 5.75 Å². The van der Waals surface area contributed by atoms with Crippen LogP contribution in [-0.2, 0) is 25.7 Å². The molecule has 6 atom stereocenters. The number of benzene rings is 2. The van der Waals surface area contributed by atoms with Crippen LogP contribution in [0.3, 0.4) is 0 Å². The smallest absolute Gasteiger partial charge is 0.248 e. The van der Waals surface area contributed by atoms with E-state index in [1.807, 2.05) is 61.5 Å². The minimum atomic E-state index is -1.18. The van der Waals surface area contributed by atoms with Gasteiger partial charge in [-0.05, 0) is 56.0 Å². The highest BCUT2D eigenvalue weighted by Gasteiger charge is 2.76. The van der Waals surface area contributed by atoms with Gasteiger partial charge in [0, 0.05) is 43.3 Å². The first kappa shape index (κ1) is 32.9. The average Bonchev–Trinajstić information content (AvgIpc) is 3.63. The number of anilines is 1. The van der Waals surface area contributed by atoms with Gasteiger partial charge in [0.25, 0.3) is 0 Å². The van der Waals surface area contributed by atoms with Crippen LogP contribution in [0.1, 0.15) is 31.7 Å². The number of halogens is 1. The molecule has 3 saturated heterocycles. The lowest BCUT2D eigenvalue weighted by Crippen LogP contribution is -2.57. The molecule has 3 heterocycles. The molecule has 1 N–H and O–H groups in total. The normalized spacial score (nSPS) is 26.4. The second-order valence-electron chi connectivity index (χ2n) is 11.8. The van der Waals surface area contributed by atoms with Crippen molar-refractivity contribution < 1.29 is 29.0 Å². The molecule has 10 heteroatoms. The van der Waals surface area contributed by atoms with Crippen molar-refractivity contribution >= 4 is 39.3 Å². The van der Waals surface area contributed by atoms with Crippen LogP contribution in [-0.4, -0.2) is 88.0 Å². The zero-order chi connectivity index (χ0) is 32.1. The molecule has 45 heavy (non-hydrogen) atoms.